The molecule has 0 saturated carbocycles. The van der Waals surface area contributed by atoms with E-state index in [1.165, 1.54) is 19.3 Å². The number of aromatic hydroxyl groups is 1. The monoisotopic (exact) mass is 462 g/mol. The molecule has 6 heteroatoms. The zero-order valence-electron chi connectivity index (χ0n) is 21.0. The lowest BCUT2D eigenvalue weighted by Gasteiger charge is -2.17. The van der Waals surface area contributed by atoms with E-state index in [0.29, 0.717) is 5.56 Å². The normalized spacial score (nSPS) is 12.5. The lowest BCUT2D eigenvalue weighted by atomic mass is 10.0. The summed E-state index contributed by atoms with van der Waals surface area (Å²) in [6, 6.07) is 4.61. The van der Waals surface area contributed by atoms with Crippen molar-refractivity contribution in [2.45, 2.75) is 79.1 Å². The van der Waals surface area contributed by atoms with Gasteiger partial charge in [0.1, 0.15) is 5.57 Å². The Hall–Kier alpha value is -2.50. The van der Waals surface area contributed by atoms with Crippen molar-refractivity contribution in [3.05, 3.63) is 29.3 Å². The molecule has 0 aromatic heterocycles. The molecule has 1 aromatic carbocycles. The van der Waals surface area contributed by atoms with Gasteiger partial charge >= 0.3 is 11.9 Å². The average Bonchev–Trinajstić information content (AvgIpc) is 2.83. The van der Waals surface area contributed by atoms with E-state index in [9.17, 15) is 14.7 Å². The molecule has 0 bridgehead atoms. The Morgan fingerprint density at radius 1 is 0.909 bits per heavy atom. The maximum absolute atomic E-state index is 12.9. The molecule has 2 unspecified atom stereocenters. The first kappa shape index (κ1) is 28.5. The molecule has 0 heterocycles. The highest BCUT2D eigenvalue weighted by atomic mass is 16.6. The summed E-state index contributed by atoms with van der Waals surface area (Å²) in [5.74, 6) is -0.630. The van der Waals surface area contributed by atoms with Crippen LogP contribution < -0.4 is 4.74 Å². The second-order valence-corrected chi connectivity index (χ2v) is 8.52. The highest BCUT2D eigenvalue weighted by Crippen LogP contribution is 2.27. The van der Waals surface area contributed by atoms with Gasteiger partial charge in [0, 0.05) is 0 Å². The lowest BCUT2D eigenvalue weighted by molar-refractivity contribution is -0.148. The van der Waals surface area contributed by atoms with Gasteiger partial charge in [-0.3, -0.25) is 0 Å². The number of benzene rings is 1. The first-order chi connectivity index (χ1) is 15.9. The fraction of sp³-hybridized carbons (Fsp3) is 0.630. The van der Waals surface area contributed by atoms with Gasteiger partial charge in [0.25, 0.3) is 0 Å². The molecule has 33 heavy (non-hydrogen) atoms. The van der Waals surface area contributed by atoms with Gasteiger partial charge in [-0.15, -0.1) is 0 Å². The second-order valence-electron chi connectivity index (χ2n) is 8.52. The van der Waals surface area contributed by atoms with Crippen LogP contribution in [0.5, 0.6) is 11.5 Å². The molecule has 0 aliphatic carbocycles. The Labute approximate surface area is 199 Å². The molecule has 0 saturated heterocycles. The average molecular weight is 463 g/mol. The van der Waals surface area contributed by atoms with E-state index in [1.807, 2.05) is 0 Å². The van der Waals surface area contributed by atoms with Gasteiger partial charge in [-0.05, 0) is 48.4 Å². The van der Waals surface area contributed by atoms with Crippen LogP contribution in [0.3, 0.4) is 0 Å². The van der Waals surface area contributed by atoms with Gasteiger partial charge in [0.15, 0.2) is 11.5 Å². The molecule has 0 aliphatic rings. The molecule has 186 valence electrons. The van der Waals surface area contributed by atoms with Crippen LogP contribution >= 0.6 is 0 Å². The van der Waals surface area contributed by atoms with Crippen molar-refractivity contribution in [3.63, 3.8) is 0 Å². The van der Waals surface area contributed by atoms with Crippen molar-refractivity contribution in [1.29, 1.82) is 0 Å². The van der Waals surface area contributed by atoms with E-state index >= 15 is 0 Å². The Kier molecular flexibility index (Phi) is 14.0. The third-order valence-corrected chi connectivity index (χ3v) is 5.94. The SMILES string of the molecule is CCCCC(CC)COC(=O)C(=Cc1ccc(O)c(OC)c1)C(=O)OCC(CC)CCCC. The summed E-state index contributed by atoms with van der Waals surface area (Å²) in [5.41, 5.74) is 0.378. The van der Waals surface area contributed by atoms with Crippen molar-refractivity contribution in [2.24, 2.45) is 11.8 Å². The number of ether oxygens (including phenoxy) is 3. The van der Waals surface area contributed by atoms with Crippen LogP contribution in [-0.4, -0.2) is 37.4 Å². The standard InChI is InChI=1S/C27H42O6/c1-6-10-12-20(8-3)18-32-26(29)23(16-22-14-15-24(28)25(17-22)31-5)27(30)33-19-21(9-4)13-11-7-2/h14-17,20-21,28H,6-13,18-19H2,1-5H3. The maximum atomic E-state index is 12.9. The molecular formula is C27H42O6. The minimum absolute atomic E-state index is 0.0234. The number of esters is 2. The van der Waals surface area contributed by atoms with Crippen LogP contribution in [0.25, 0.3) is 6.08 Å². The minimum Gasteiger partial charge on any atom is -0.504 e. The fourth-order valence-corrected chi connectivity index (χ4v) is 3.49. The number of phenolic OH excluding ortho intramolecular Hbond substituents is 1. The Bertz CT molecular complexity index is 721. The quantitative estimate of drug-likeness (QED) is 0.134. The minimum atomic E-state index is -0.691. The molecule has 0 radical (unpaired) electrons. The third-order valence-electron chi connectivity index (χ3n) is 5.94. The number of methoxy groups -OCH3 is 1. The smallest absolute Gasteiger partial charge is 0.345 e. The van der Waals surface area contributed by atoms with E-state index < -0.39 is 11.9 Å². The molecule has 1 aromatic rings. The van der Waals surface area contributed by atoms with Crippen molar-refractivity contribution < 1.29 is 28.9 Å². The maximum Gasteiger partial charge on any atom is 0.345 e. The Balaban J connectivity index is 3.04. The summed E-state index contributed by atoms with van der Waals surface area (Å²) in [7, 11) is 1.44. The largest absolute Gasteiger partial charge is 0.504 e. The first-order valence-electron chi connectivity index (χ1n) is 12.3. The van der Waals surface area contributed by atoms with Crippen LogP contribution in [0.4, 0.5) is 0 Å². The number of hydrogen-bond acceptors (Lipinski definition) is 6. The number of hydrogen-bond donors (Lipinski definition) is 1. The summed E-state index contributed by atoms with van der Waals surface area (Å²) in [5, 5.41) is 9.85. The number of carbonyl (C=O) groups is 2. The first-order valence-corrected chi connectivity index (χ1v) is 12.3. The second kappa shape index (κ2) is 16.2. The third kappa shape index (κ3) is 10.3. The number of rotatable bonds is 16. The fourth-order valence-electron chi connectivity index (χ4n) is 3.49. The molecule has 0 aliphatic heterocycles. The van der Waals surface area contributed by atoms with Crippen molar-refractivity contribution in [1.82, 2.24) is 0 Å². The van der Waals surface area contributed by atoms with Gasteiger partial charge in [-0.1, -0.05) is 72.3 Å². The van der Waals surface area contributed by atoms with Crippen molar-refractivity contribution in [2.75, 3.05) is 20.3 Å². The van der Waals surface area contributed by atoms with Gasteiger partial charge in [0.2, 0.25) is 0 Å². The highest BCUT2D eigenvalue weighted by Gasteiger charge is 2.24. The predicted molar refractivity (Wildman–Crippen MR) is 131 cm³/mol. The summed E-state index contributed by atoms with van der Waals surface area (Å²) < 4.78 is 16.2. The summed E-state index contributed by atoms with van der Waals surface area (Å²) in [6.07, 6.45) is 9.52. The van der Waals surface area contributed by atoms with E-state index in [4.69, 9.17) is 14.2 Å². The Morgan fingerprint density at radius 3 is 1.85 bits per heavy atom. The number of phenols is 1. The molecular weight excluding hydrogens is 420 g/mol. The zero-order valence-corrected chi connectivity index (χ0v) is 21.0. The van der Waals surface area contributed by atoms with Crippen molar-refractivity contribution >= 4 is 18.0 Å². The van der Waals surface area contributed by atoms with Crippen LogP contribution in [0.2, 0.25) is 0 Å². The number of unbranched alkanes of at least 4 members (excludes halogenated alkanes) is 2. The molecule has 0 fully saturated rings. The molecule has 1 N–H and O–H groups in total. The van der Waals surface area contributed by atoms with E-state index in [1.54, 1.807) is 12.1 Å². The lowest BCUT2D eigenvalue weighted by Crippen LogP contribution is -2.23. The summed E-state index contributed by atoms with van der Waals surface area (Å²) >= 11 is 0. The van der Waals surface area contributed by atoms with Crippen LogP contribution in [0.1, 0.15) is 84.6 Å². The van der Waals surface area contributed by atoms with E-state index in [-0.39, 0.29) is 42.1 Å². The van der Waals surface area contributed by atoms with Gasteiger partial charge in [-0.25, -0.2) is 9.59 Å². The molecule has 6 nitrogen and oxygen atoms in total. The zero-order chi connectivity index (χ0) is 24.6. The predicted octanol–water partition coefficient (Wildman–Crippen LogP) is 6.30. The van der Waals surface area contributed by atoms with Crippen LogP contribution in [0.15, 0.2) is 23.8 Å². The van der Waals surface area contributed by atoms with Crippen LogP contribution in [0, 0.1) is 11.8 Å². The summed E-state index contributed by atoms with van der Waals surface area (Å²) in [4.78, 5) is 25.8. The molecule has 1 rings (SSSR count). The van der Waals surface area contributed by atoms with E-state index in [0.717, 1.165) is 51.4 Å². The van der Waals surface area contributed by atoms with Gasteiger partial charge in [-0.2, -0.15) is 0 Å². The van der Waals surface area contributed by atoms with E-state index in [2.05, 4.69) is 27.7 Å². The molecule has 2 atom stereocenters. The highest BCUT2D eigenvalue weighted by molar-refractivity contribution is 6.17. The van der Waals surface area contributed by atoms with Crippen LogP contribution in [-0.2, 0) is 19.1 Å². The Morgan fingerprint density at radius 2 is 1.42 bits per heavy atom. The van der Waals surface area contributed by atoms with Gasteiger partial charge < -0.3 is 19.3 Å². The van der Waals surface area contributed by atoms with Gasteiger partial charge in [0.05, 0.1) is 20.3 Å². The number of carbonyl (C=O) groups excluding carboxylic acids is 2. The summed E-state index contributed by atoms with van der Waals surface area (Å²) in [6.45, 7) is 8.95. The topological polar surface area (TPSA) is 82.1 Å². The van der Waals surface area contributed by atoms with Crippen molar-refractivity contribution in [3.8, 4) is 11.5 Å². The molecule has 0 amide bonds. The molecule has 0 spiro atoms.